The number of allylic oxidation sites excluding steroid dienone is 3. The van der Waals surface area contributed by atoms with Gasteiger partial charge in [-0.3, -0.25) is 4.79 Å². The van der Waals surface area contributed by atoms with E-state index in [4.69, 9.17) is 4.74 Å². The highest BCUT2D eigenvalue weighted by molar-refractivity contribution is 5.96. The average Bonchev–Trinajstić information content (AvgIpc) is 2.44. The fourth-order valence-corrected chi connectivity index (χ4v) is 3.48. The van der Waals surface area contributed by atoms with E-state index in [1.807, 2.05) is 24.3 Å². The molecular formula is C18H20O3. The van der Waals surface area contributed by atoms with Gasteiger partial charge >= 0.3 is 0 Å². The predicted octanol–water partition coefficient (Wildman–Crippen LogP) is 3.59. The second-order valence-corrected chi connectivity index (χ2v) is 6.47. The third kappa shape index (κ3) is 2.17. The van der Waals surface area contributed by atoms with Crippen LogP contribution in [0.5, 0.6) is 11.5 Å². The number of ether oxygens (including phenoxy) is 1. The Morgan fingerprint density at radius 3 is 2.62 bits per heavy atom. The monoisotopic (exact) mass is 284 g/mol. The molecule has 0 aromatic heterocycles. The molecule has 3 aliphatic carbocycles. The summed E-state index contributed by atoms with van der Waals surface area (Å²) in [5.74, 6) is 1.67. The molecule has 110 valence electrons. The van der Waals surface area contributed by atoms with E-state index < -0.39 is 0 Å². The fraction of sp³-hybridized carbons (Fsp3) is 0.389. The Kier molecular flexibility index (Phi) is 3.16. The molecule has 4 rings (SSSR count). The first-order chi connectivity index (χ1) is 9.93. The van der Waals surface area contributed by atoms with Crippen molar-refractivity contribution in [3.05, 3.63) is 41.5 Å². The zero-order chi connectivity index (χ0) is 15.2. The molecule has 0 saturated heterocycles. The van der Waals surface area contributed by atoms with Gasteiger partial charge in [0.15, 0.2) is 5.78 Å². The maximum atomic E-state index is 12.0. The van der Waals surface area contributed by atoms with Gasteiger partial charge in [-0.2, -0.15) is 0 Å². The lowest BCUT2D eigenvalue weighted by Crippen LogP contribution is -2.52. The Hall–Kier alpha value is -2.03. The van der Waals surface area contributed by atoms with Gasteiger partial charge in [-0.15, -0.1) is 0 Å². The van der Waals surface area contributed by atoms with E-state index in [9.17, 15) is 9.90 Å². The Labute approximate surface area is 124 Å². The summed E-state index contributed by atoms with van der Waals surface area (Å²) in [4.78, 5) is 12.0. The lowest BCUT2D eigenvalue weighted by Gasteiger charge is -2.54. The predicted molar refractivity (Wildman–Crippen MR) is 82.2 cm³/mol. The average molecular weight is 284 g/mol. The van der Waals surface area contributed by atoms with E-state index in [0.29, 0.717) is 11.7 Å². The first-order valence-electron chi connectivity index (χ1n) is 7.24. The molecule has 3 heteroatoms. The lowest BCUT2D eigenvalue weighted by atomic mass is 9.48. The molecule has 1 fully saturated rings. The molecule has 0 spiro atoms. The Morgan fingerprint density at radius 1 is 1.29 bits per heavy atom. The smallest absolute Gasteiger partial charge is 0.159 e. The van der Waals surface area contributed by atoms with E-state index in [0.717, 1.165) is 17.6 Å². The molecule has 1 aromatic carbocycles. The Balaban J connectivity index is 1.85. The van der Waals surface area contributed by atoms with Crippen LogP contribution in [0.4, 0.5) is 0 Å². The van der Waals surface area contributed by atoms with Gasteiger partial charge < -0.3 is 9.84 Å². The summed E-state index contributed by atoms with van der Waals surface area (Å²) in [6.07, 6.45) is 6.54. The van der Waals surface area contributed by atoms with Crippen molar-refractivity contribution in [1.82, 2.24) is 0 Å². The van der Waals surface area contributed by atoms with Gasteiger partial charge in [-0.25, -0.2) is 0 Å². The number of benzene rings is 1. The number of phenols is 1. The minimum absolute atomic E-state index is 0.0630. The molecule has 2 bridgehead atoms. The zero-order valence-corrected chi connectivity index (χ0v) is 12.6. The number of aromatic hydroxyl groups is 1. The SMILES string of the molecule is COc1ccc(/C=C/C2=CC(=O)[C@H]3C[C@@H]2C3(C)C)c(O)c1. The number of phenolic OH excluding ortho intramolecular Hbond substituents is 1. The molecule has 3 aliphatic rings. The van der Waals surface area contributed by atoms with Crippen LogP contribution < -0.4 is 4.74 Å². The second-order valence-electron chi connectivity index (χ2n) is 6.47. The lowest BCUT2D eigenvalue weighted by molar-refractivity contribution is -0.133. The van der Waals surface area contributed by atoms with Crippen molar-refractivity contribution in [2.45, 2.75) is 20.3 Å². The summed E-state index contributed by atoms with van der Waals surface area (Å²) < 4.78 is 5.07. The van der Waals surface area contributed by atoms with Gasteiger partial charge in [0.05, 0.1) is 7.11 Å². The number of rotatable bonds is 3. The van der Waals surface area contributed by atoms with Crippen molar-refractivity contribution < 1.29 is 14.6 Å². The molecule has 0 heterocycles. The number of carbonyl (C=O) groups is 1. The summed E-state index contributed by atoms with van der Waals surface area (Å²) >= 11 is 0. The minimum Gasteiger partial charge on any atom is -0.507 e. The number of methoxy groups -OCH3 is 1. The van der Waals surface area contributed by atoms with E-state index in [2.05, 4.69) is 13.8 Å². The molecule has 2 atom stereocenters. The summed E-state index contributed by atoms with van der Waals surface area (Å²) in [7, 11) is 1.57. The normalized spacial score (nSPS) is 26.4. The van der Waals surface area contributed by atoms with Gasteiger partial charge in [-0.05, 0) is 41.5 Å². The van der Waals surface area contributed by atoms with Gasteiger partial charge in [0.2, 0.25) is 0 Å². The topological polar surface area (TPSA) is 46.5 Å². The quantitative estimate of drug-likeness (QED) is 0.922. The number of fused-ring (bicyclic) bond motifs is 1. The standard InChI is InChI=1S/C18H20O3/c1-18(2)14-10-15(18)17(20)8-12(14)5-4-11-6-7-13(21-3)9-16(11)19/h4-9,14-15,19H,10H2,1-3H3/b5-4+/t14-,15+/m0/s1. The molecular weight excluding hydrogens is 264 g/mol. The molecule has 0 amide bonds. The fourth-order valence-electron chi connectivity index (χ4n) is 3.48. The molecule has 21 heavy (non-hydrogen) atoms. The van der Waals surface area contributed by atoms with E-state index >= 15 is 0 Å². The van der Waals surface area contributed by atoms with Crippen LogP contribution >= 0.6 is 0 Å². The molecule has 1 saturated carbocycles. The van der Waals surface area contributed by atoms with E-state index in [1.54, 1.807) is 19.3 Å². The molecule has 1 aromatic rings. The highest BCUT2D eigenvalue weighted by atomic mass is 16.5. The van der Waals surface area contributed by atoms with Crippen LogP contribution in [-0.4, -0.2) is 18.0 Å². The third-order valence-electron chi connectivity index (χ3n) is 5.02. The first-order valence-corrected chi connectivity index (χ1v) is 7.24. The van der Waals surface area contributed by atoms with E-state index in [-0.39, 0.29) is 22.9 Å². The first kappa shape index (κ1) is 13.9. The van der Waals surface area contributed by atoms with Gasteiger partial charge in [0, 0.05) is 17.5 Å². The number of ketones is 1. The molecule has 0 radical (unpaired) electrons. The highest BCUT2D eigenvalue weighted by Gasteiger charge is 2.54. The number of hydrogen-bond acceptors (Lipinski definition) is 3. The zero-order valence-electron chi connectivity index (χ0n) is 12.6. The third-order valence-corrected chi connectivity index (χ3v) is 5.02. The van der Waals surface area contributed by atoms with Crippen LogP contribution in [0.15, 0.2) is 35.9 Å². The second kappa shape index (κ2) is 4.76. The van der Waals surface area contributed by atoms with Crippen LogP contribution in [0.1, 0.15) is 25.8 Å². The van der Waals surface area contributed by atoms with Crippen molar-refractivity contribution in [2.75, 3.05) is 7.11 Å². The molecule has 1 N–H and O–H groups in total. The summed E-state index contributed by atoms with van der Waals surface area (Å²) in [5, 5.41) is 9.96. The maximum Gasteiger partial charge on any atom is 0.159 e. The van der Waals surface area contributed by atoms with Crippen molar-refractivity contribution in [1.29, 1.82) is 0 Å². The number of hydrogen-bond donors (Lipinski definition) is 1. The van der Waals surface area contributed by atoms with Gasteiger partial charge in [0.1, 0.15) is 11.5 Å². The minimum atomic E-state index is 0.0630. The largest absolute Gasteiger partial charge is 0.507 e. The Morgan fingerprint density at radius 2 is 2.05 bits per heavy atom. The van der Waals surface area contributed by atoms with Crippen molar-refractivity contribution >= 4 is 11.9 Å². The van der Waals surface area contributed by atoms with Crippen LogP contribution in [0.3, 0.4) is 0 Å². The molecule has 0 unspecified atom stereocenters. The molecule has 0 aliphatic heterocycles. The van der Waals surface area contributed by atoms with Crippen LogP contribution in [0.2, 0.25) is 0 Å². The maximum absolute atomic E-state index is 12.0. The van der Waals surface area contributed by atoms with E-state index in [1.165, 1.54) is 0 Å². The van der Waals surface area contributed by atoms with Crippen molar-refractivity contribution in [3.8, 4) is 11.5 Å². The van der Waals surface area contributed by atoms with Crippen LogP contribution in [0.25, 0.3) is 6.08 Å². The van der Waals surface area contributed by atoms with Gasteiger partial charge in [-0.1, -0.05) is 26.0 Å². The Bertz CT molecular complexity index is 652. The van der Waals surface area contributed by atoms with Crippen molar-refractivity contribution in [3.63, 3.8) is 0 Å². The summed E-state index contributed by atoms with van der Waals surface area (Å²) in [6, 6.07) is 5.21. The summed E-state index contributed by atoms with van der Waals surface area (Å²) in [6.45, 7) is 4.32. The van der Waals surface area contributed by atoms with Gasteiger partial charge in [0.25, 0.3) is 0 Å². The summed E-state index contributed by atoms with van der Waals surface area (Å²) in [5.41, 5.74) is 1.86. The van der Waals surface area contributed by atoms with Crippen LogP contribution in [0, 0.1) is 17.3 Å². The highest BCUT2D eigenvalue weighted by Crippen LogP contribution is 2.58. The van der Waals surface area contributed by atoms with Crippen molar-refractivity contribution in [2.24, 2.45) is 17.3 Å². The molecule has 3 nitrogen and oxygen atoms in total. The van der Waals surface area contributed by atoms with Crippen LogP contribution in [-0.2, 0) is 4.79 Å². The number of carbonyl (C=O) groups excluding carboxylic acids is 1.